The summed E-state index contributed by atoms with van der Waals surface area (Å²) in [6.45, 7) is 8.44. The summed E-state index contributed by atoms with van der Waals surface area (Å²) in [5, 5.41) is 26.5. The summed E-state index contributed by atoms with van der Waals surface area (Å²) in [5.41, 5.74) is -0.662. The molecule has 2 aromatic carbocycles. The molecule has 4 fully saturated rings. The minimum atomic E-state index is -2.32. The Morgan fingerprint density at radius 1 is 0.924 bits per heavy atom. The number of nitrogens with one attached hydrogen (secondary N) is 1. The lowest BCUT2D eigenvalue weighted by molar-refractivity contribution is -0.243. The van der Waals surface area contributed by atoms with Crippen molar-refractivity contribution in [1.82, 2.24) is 19.7 Å². The lowest BCUT2D eigenvalue weighted by Gasteiger charge is -2.63. The van der Waals surface area contributed by atoms with Gasteiger partial charge in [0.05, 0.1) is 32.0 Å². The van der Waals surface area contributed by atoms with Gasteiger partial charge in [-0.1, -0.05) is 50.3 Å². The normalized spacial score (nSPS) is 37.8. The Balaban J connectivity index is 1.25. The van der Waals surface area contributed by atoms with E-state index >= 15 is 4.79 Å². The zero-order valence-corrected chi connectivity index (χ0v) is 39.1. The van der Waals surface area contributed by atoms with Gasteiger partial charge in [-0.15, -0.1) is 0 Å². The standard InChI is InChI=1S/C52H63FN4O9/c1-8-48(61)26-31-27-51(46(59)64-6,42-35(17-21-56(28-31)29-48)36-23-33(13-16-39(36)54-42)32-11-14-34(53)15-12-32)38-24-37-40(25-41(38)63-5)55(4)44-50(37)19-22-57-20-10-18-49(9-2,43(50)57)45(66-30(3)58)52(44,62)47(60)65-7/h10-16,18,23-25,31,38,41,43-45,54,61-62H,8-9,17,19-22,26-29H2,1-7H3/t31-,38?,41?,43+,44-,45-,48+,49-,50-,51+,52+/m1/s1. The van der Waals surface area contributed by atoms with Gasteiger partial charge in [0, 0.05) is 92.3 Å². The van der Waals surface area contributed by atoms with E-state index in [1.165, 1.54) is 33.3 Å². The fraction of sp³-hybridized carbons (Fsp3) is 0.558. The van der Waals surface area contributed by atoms with Crippen molar-refractivity contribution in [2.75, 3.05) is 61.1 Å². The van der Waals surface area contributed by atoms with Gasteiger partial charge in [0.2, 0.25) is 5.60 Å². The molecule has 3 aromatic rings. The molecule has 2 bridgehead atoms. The average molecular weight is 907 g/mol. The maximum Gasteiger partial charge on any atom is 0.344 e. The van der Waals surface area contributed by atoms with Gasteiger partial charge in [-0.25, -0.2) is 9.18 Å². The molecule has 3 unspecified atom stereocenters. The zero-order chi connectivity index (χ0) is 46.7. The number of ether oxygens (including phenoxy) is 4. The Labute approximate surface area is 385 Å². The maximum absolute atomic E-state index is 15.6. The average Bonchev–Trinajstić information content (AvgIpc) is 3.97. The van der Waals surface area contributed by atoms with Gasteiger partial charge in [-0.2, -0.15) is 0 Å². The number of rotatable bonds is 8. The van der Waals surface area contributed by atoms with Crippen molar-refractivity contribution >= 4 is 28.8 Å². The third-order valence-electron chi connectivity index (χ3n) is 17.3. The second-order valence-corrected chi connectivity index (χ2v) is 20.3. The van der Waals surface area contributed by atoms with Crippen LogP contribution in [0.4, 0.5) is 4.39 Å². The Kier molecular flexibility index (Phi) is 10.8. The number of carbonyl (C=O) groups is 3. The van der Waals surface area contributed by atoms with Crippen LogP contribution in [0, 0.1) is 28.5 Å². The van der Waals surface area contributed by atoms with Crippen molar-refractivity contribution in [3.8, 4) is 11.1 Å². The summed E-state index contributed by atoms with van der Waals surface area (Å²) in [6.07, 6.45) is 9.29. The van der Waals surface area contributed by atoms with Crippen LogP contribution in [0.3, 0.4) is 0 Å². The lowest BCUT2D eigenvalue weighted by atomic mass is 9.47. The Morgan fingerprint density at radius 3 is 2.35 bits per heavy atom. The van der Waals surface area contributed by atoms with Crippen LogP contribution in [0.25, 0.3) is 22.0 Å². The fourth-order valence-electron chi connectivity index (χ4n) is 14.8. The molecular formula is C52H63FN4O9. The Bertz CT molecular complexity index is 2570. The van der Waals surface area contributed by atoms with Crippen LogP contribution in [0.5, 0.6) is 0 Å². The summed E-state index contributed by atoms with van der Waals surface area (Å²) in [6, 6.07) is 11.3. The van der Waals surface area contributed by atoms with Gasteiger partial charge in [0.1, 0.15) is 11.2 Å². The first-order valence-electron chi connectivity index (χ1n) is 23.6. The number of esters is 3. The molecule has 10 rings (SSSR count). The molecule has 5 aliphatic heterocycles. The van der Waals surface area contributed by atoms with Crippen molar-refractivity contribution in [2.45, 2.75) is 100 Å². The molecule has 1 spiro atoms. The van der Waals surface area contributed by atoms with Crippen LogP contribution in [-0.2, 0) is 45.2 Å². The number of likely N-dealkylation sites (N-methyl/N-ethyl adjacent to an activating group) is 1. The van der Waals surface area contributed by atoms with Crippen molar-refractivity contribution in [1.29, 1.82) is 0 Å². The smallest absolute Gasteiger partial charge is 0.344 e. The molecule has 2 aliphatic carbocycles. The van der Waals surface area contributed by atoms with Gasteiger partial charge < -0.3 is 39.0 Å². The van der Waals surface area contributed by atoms with E-state index < -0.39 is 69.5 Å². The van der Waals surface area contributed by atoms with Crippen molar-refractivity contribution < 1.29 is 47.9 Å². The third-order valence-corrected chi connectivity index (χ3v) is 17.3. The summed E-state index contributed by atoms with van der Waals surface area (Å²) in [5.74, 6) is -3.07. The summed E-state index contributed by atoms with van der Waals surface area (Å²) in [4.78, 5) is 53.8. The van der Waals surface area contributed by atoms with Crippen LogP contribution in [-0.4, -0.2) is 144 Å². The number of aromatic amines is 1. The molecular weight excluding hydrogens is 844 g/mol. The molecule has 14 heteroatoms. The number of hydrogen-bond acceptors (Lipinski definition) is 12. The van der Waals surface area contributed by atoms with E-state index in [1.54, 1.807) is 19.2 Å². The topological polar surface area (TPSA) is 154 Å². The van der Waals surface area contributed by atoms with Gasteiger partial charge in [-0.05, 0) is 104 Å². The number of piperidine rings is 1. The van der Waals surface area contributed by atoms with E-state index in [9.17, 15) is 24.2 Å². The molecule has 13 nitrogen and oxygen atoms in total. The number of H-pyrrole nitrogens is 1. The fourth-order valence-corrected chi connectivity index (χ4v) is 14.8. The minimum Gasteiger partial charge on any atom is -0.468 e. The van der Waals surface area contributed by atoms with Crippen LogP contribution in [0.15, 0.2) is 78.0 Å². The predicted octanol–water partition coefficient (Wildman–Crippen LogP) is 5.44. The van der Waals surface area contributed by atoms with Crippen LogP contribution in [0.2, 0.25) is 0 Å². The second-order valence-electron chi connectivity index (χ2n) is 20.3. The van der Waals surface area contributed by atoms with Gasteiger partial charge in [0.25, 0.3) is 0 Å². The summed E-state index contributed by atoms with van der Waals surface area (Å²) < 4.78 is 38.4. The molecule has 3 N–H and O–H groups in total. The minimum absolute atomic E-state index is 0.129. The first-order valence-corrected chi connectivity index (χ1v) is 23.6. The first-order chi connectivity index (χ1) is 31.6. The number of nitrogens with zero attached hydrogens (tertiary/aromatic N) is 3. The molecule has 7 aliphatic rings. The second kappa shape index (κ2) is 15.9. The van der Waals surface area contributed by atoms with E-state index in [-0.39, 0.29) is 17.8 Å². The number of hydrogen-bond donors (Lipinski definition) is 3. The zero-order valence-electron chi connectivity index (χ0n) is 39.1. The highest BCUT2D eigenvalue weighted by Crippen LogP contribution is 2.70. The number of carbonyl (C=O) groups excluding carboxylic acids is 3. The molecule has 12 atom stereocenters. The van der Waals surface area contributed by atoms with E-state index in [4.69, 9.17) is 18.9 Å². The van der Waals surface area contributed by atoms with E-state index in [1.807, 2.05) is 44.0 Å². The number of halogens is 1. The Morgan fingerprint density at radius 2 is 1.67 bits per heavy atom. The molecule has 66 heavy (non-hydrogen) atoms. The van der Waals surface area contributed by atoms with E-state index in [0.29, 0.717) is 71.2 Å². The number of benzene rings is 2. The number of aromatic nitrogens is 1. The molecule has 1 saturated carbocycles. The molecule has 3 saturated heterocycles. The summed E-state index contributed by atoms with van der Waals surface area (Å²) in [7, 11) is 6.20. The highest BCUT2D eigenvalue weighted by molar-refractivity contribution is 5.94. The largest absolute Gasteiger partial charge is 0.468 e. The molecule has 352 valence electrons. The molecule has 0 radical (unpaired) electrons. The molecule has 1 aromatic heterocycles. The van der Waals surface area contributed by atoms with Crippen molar-refractivity contribution in [3.63, 3.8) is 0 Å². The Hall–Kier alpha value is -4.86. The highest BCUT2D eigenvalue weighted by atomic mass is 19.1. The third kappa shape index (κ3) is 6.09. The molecule has 0 amide bonds. The van der Waals surface area contributed by atoms with E-state index in [0.717, 1.165) is 44.6 Å². The number of allylic oxidation sites excluding steroid dienone is 1. The van der Waals surface area contributed by atoms with Crippen LogP contribution >= 0.6 is 0 Å². The van der Waals surface area contributed by atoms with Crippen molar-refractivity contribution in [3.05, 3.63) is 95.1 Å². The van der Waals surface area contributed by atoms with Gasteiger partial charge in [-0.3, -0.25) is 19.4 Å². The molecule has 6 heterocycles. The van der Waals surface area contributed by atoms with Gasteiger partial charge >= 0.3 is 17.9 Å². The summed E-state index contributed by atoms with van der Waals surface area (Å²) >= 11 is 0. The predicted molar refractivity (Wildman–Crippen MR) is 244 cm³/mol. The highest BCUT2D eigenvalue weighted by Gasteiger charge is 2.81. The number of methoxy groups -OCH3 is 3. The first kappa shape index (κ1) is 44.9. The maximum atomic E-state index is 15.6. The lowest BCUT2D eigenvalue weighted by Crippen LogP contribution is -2.79. The number of fused-ring (bicyclic) bond motifs is 6. The number of aliphatic hydroxyl groups is 2. The van der Waals surface area contributed by atoms with Gasteiger partial charge in [0.15, 0.2) is 6.10 Å². The number of likely N-dealkylation sites (tertiary alicyclic amines) is 1. The quantitative estimate of drug-likeness (QED) is 0.150. The van der Waals surface area contributed by atoms with E-state index in [2.05, 4.69) is 39.1 Å². The van der Waals surface area contributed by atoms with Crippen LogP contribution < -0.4 is 0 Å². The SMILES string of the molecule is CC[C@]1(O)C[C@H]2CN(CCc3c([nH]c4ccc(-c5ccc(F)cc5)cc34)[C@@](C(=O)OC)(C3C=C4C(=CC3OC)N(C)[C@H]3[C@@](O)(C(=O)OC)[C@H](OC(C)=O)[C@]5(CC)C=CCN6CC[C@]43[C@@H]65)C2)C1. The van der Waals surface area contributed by atoms with Crippen LogP contribution in [0.1, 0.15) is 64.1 Å². The monoisotopic (exact) mass is 906 g/mol. The van der Waals surface area contributed by atoms with Crippen molar-refractivity contribution in [2.24, 2.45) is 22.7 Å².